The van der Waals surface area contributed by atoms with Crippen LogP contribution in [0.3, 0.4) is 0 Å². The predicted molar refractivity (Wildman–Crippen MR) is 95.2 cm³/mol. The van der Waals surface area contributed by atoms with Gasteiger partial charge in [-0.05, 0) is 31.2 Å². The summed E-state index contributed by atoms with van der Waals surface area (Å²) in [4.78, 5) is 42.0. The zero-order chi connectivity index (χ0) is 20.7. The van der Waals surface area contributed by atoms with E-state index in [4.69, 9.17) is 24.5 Å². The lowest BCUT2D eigenvalue weighted by Gasteiger charge is -2.42. The molecule has 2 rings (SSSR count). The van der Waals surface area contributed by atoms with Crippen LogP contribution >= 0.6 is 0 Å². The van der Waals surface area contributed by atoms with Crippen molar-refractivity contribution in [2.75, 3.05) is 6.61 Å². The minimum Gasteiger partial charge on any atom is -0.463 e. The van der Waals surface area contributed by atoms with Crippen LogP contribution in [0.15, 0.2) is 10.1 Å². The van der Waals surface area contributed by atoms with Crippen molar-refractivity contribution in [1.29, 1.82) is 0 Å². The average Bonchev–Trinajstić information content (AvgIpc) is 3.11. The third-order valence-electron chi connectivity index (χ3n) is 4.37. The molecule has 2 fully saturated rings. The number of carbonyl (C=O) groups excluding carboxylic acids is 3. The fourth-order valence-corrected chi connectivity index (χ4v) is 3.31. The monoisotopic (exact) mass is 396 g/mol. The normalized spacial score (nSPS) is 29.4. The third kappa shape index (κ3) is 5.93. The molecule has 1 aliphatic carbocycles. The van der Waals surface area contributed by atoms with Crippen LogP contribution in [0.25, 0.3) is 10.4 Å². The topological polar surface area (TPSA) is 149 Å². The lowest BCUT2D eigenvalue weighted by atomic mass is 9.95. The van der Waals surface area contributed by atoms with Gasteiger partial charge in [0.2, 0.25) is 0 Å². The maximum Gasteiger partial charge on any atom is 0.303 e. The molecule has 1 heterocycles. The molecule has 0 bridgehead atoms. The second kappa shape index (κ2) is 10.0. The maximum atomic E-state index is 11.7. The van der Waals surface area contributed by atoms with Crippen LogP contribution < -0.4 is 0 Å². The quantitative estimate of drug-likeness (QED) is 0.218. The highest BCUT2D eigenvalue weighted by atomic mass is 16.6. The van der Waals surface area contributed by atoms with Crippen molar-refractivity contribution < 1.29 is 33.3 Å². The Morgan fingerprint density at radius 1 is 1.07 bits per heavy atom. The molecule has 0 radical (unpaired) electrons. The van der Waals surface area contributed by atoms with E-state index < -0.39 is 48.5 Å². The summed E-state index contributed by atoms with van der Waals surface area (Å²) in [6.07, 6.45) is -0.718. The van der Waals surface area contributed by atoms with Crippen LogP contribution in [-0.2, 0) is 33.3 Å². The SMILES string of the molecule is CC(=O)OC[C@H]1O[C@@H](N=[N+]=[N-])[C@H](N=C2CCCC2)[C@@H](OC(C)=O)[C@@H]1OC(C)=O. The van der Waals surface area contributed by atoms with E-state index in [1.165, 1.54) is 20.8 Å². The Kier molecular flexibility index (Phi) is 7.77. The molecule has 0 spiro atoms. The maximum absolute atomic E-state index is 11.7. The molecule has 1 saturated heterocycles. The van der Waals surface area contributed by atoms with Gasteiger partial charge in [0.05, 0.1) is 0 Å². The van der Waals surface area contributed by atoms with E-state index in [1.54, 1.807) is 0 Å². The average molecular weight is 396 g/mol. The van der Waals surface area contributed by atoms with Crippen molar-refractivity contribution in [3.63, 3.8) is 0 Å². The Labute approximate surface area is 162 Å². The largest absolute Gasteiger partial charge is 0.463 e. The molecule has 0 aromatic rings. The summed E-state index contributed by atoms with van der Waals surface area (Å²) >= 11 is 0. The van der Waals surface area contributed by atoms with E-state index >= 15 is 0 Å². The first-order valence-corrected chi connectivity index (χ1v) is 9.04. The molecular formula is C17H24N4O7. The summed E-state index contributed by atoms with van der Waals surface area (Å²) in [5.41, 5.74) is 9.82. The molecule has 28 heavy (non-hydrogen) atoms. The van der Waals surface area contributed by atoms with Crippen LogP contribution in [-0.4, -0.2) is 60.8 Å². The summed E-state index contributed by atoms with van der Waals surface area (Å²) in [5.74, 6) is -1.82. The second-order valence-electron chi connectivity index (χ2n) is 6.61. The number of esters is 3. The third-order valence-corrected chi connectivity index (χ3v) is 4.37. The van der Waals surface area contributed by atoms with E-state index in [0.29, 0.717) is 0 Å². The van der Waals surface area contributed by atoms with E-state index in [-0.39, 0.29) is 6.61 Å². The van der Waals surface area contributed by atoms with E-state index in [1.807, 2.05) is 0 Å². The van der Waals surface area contributed by atoms with E-state index in [2.05, 4.69) is 15.0 Å². The van der Waals surface area contributed by atoms with Crippen molar-refractivity contribution >= 4 is 23.6 Å². The Hall–Kier alpha value is -2.65. The van der Waals surface area contributed by atoms with Gasteiger partial charge >= 0.3 is 17.9 Å². The summed E-state index contributed by atoms with van der Waals surface area (Å²) in [5, 5.41) is 3.63. The first-order valence-electron chi connectivity index (χ1n) is 9.04. The van der Waals surface area contributed by atoms with Crippen LogP contribution in [0.1, 0.15) is 46.5 Å². The molecule has 1 saturated carbocycles. The van der Waals surface area contributed by atoms with Crippen molar-refractivity contribution in [2.24, 2.45) is 10.1 Å². The molecule has 0 N–H and O–H groups in total. The molecule has 1 aliphatic heterocycles. The van der Waals surface area contributed by atoms with Crippen molar-refractivity contribution in [3.05, 3.63) is 10.4 Å². The number of nitrogens with zero attached hydrogens (tertiary/aromatic N) is 4. The Morgan fingerprint density at radius 3 is 2.21 bits per heavy atom. The van der Waals surface area contributed by atoms with Crippen LogP contribution in [0.4, 0.5) is 0 Å². The number of hydrogen-bond donors (Lipinski definition) is 0. The lowest BCUT2D eigenvalue weighted by Crippen LogP contribution is -2.60. The predicted octanol–water partition coefficient (Wildman–Crippen LogP) is 1.83. The Morgan fingerprint density at radius 2 is 1.68 bits per heavy atom. The summed E-state index contributed by atoms with van der Waals surface area (Å²) < 4.78 is 21.5. The van der Waals surface area contributed by atoms with Crippen LogP contribution in [0.2, 0.25) is 0 Å². The smallest absolute Gasteiger partial charge is 0.303 e. The minimum atomic E-state index is -1.12. The molecule has 11 heteroatoms. The first kappa shape index (κ1) is 21.6. The van der Waals surface area contributed by atoms with Crippen LogP contribution in [0, 0.1) is 0 Å². The summed E-state index contributed by atoms with van der Waals surface area (Å²) in [7, 11) is 0. The highest BCUT2D eigenvalue weighted by Gasteiger charge is 2.50. The number of rotatable bonds is 6. The highest BCUT2D eigenvalue weighted by Crippen LogP contribution is 2.31. The van der Waals surface area contributed by atoms with Gasteiger partial charge in [-0.15, -0.1) is 0 Å². The van der Waals surface area contributed by atoms with E-state index in [0.717, 1.165) is 31.4 Å². The van der Waals surface area contributed by atoms with Gasteiger partial charge in [0, 0.05) is 31.4 Å². The number of carbonyl (C=O) groups is 3. The van der Waals surface area contributed by atoms with Gasteiger partial charge in [0.1, 0.15) is 18.8 Å². The highest BCUT2D eigenvalue weighted by molar-refractivity contribution is 5.86. The Balaban J connectivity index is 2.42. The molecule has 2 aliphatic rings. The van der Waals surface area contributed by atoms with Gasteiger partial charge < -0.3 is 18.9 Å². The molecule has 0 amide bonds. The molecule has 11 nitrogen and oxygen atoms in total. The van der Waals surface area contributed by atoms with Gasteiger partial charge in [-0.2, -0.15) is 0 Å². The molecule has 0 unspecified atom stereocenters. The summed E-state index contributed by atoms with van der Waals surface area (Å²) in [6, 6.07) is -0.883. The van der Waals surface area contributed by atoms with Crippen LogP contribution in [0.5, 0.6) is 0 Å². The second-order valence-corrected chi connectivity index (χ2v) is 6.61. The molecule has 154 valence electrons. The molecule has 0 aromatic carbocycles. The first-order chi connectivity index (χ1) is 13.3. The fourth-order valence-electron chi connectivity index (χ4n) is 3.31. The zero-order valence-electron chi connectivity index (χ0n) is 16.1. The van der Waals surface area contributed by atoms with Gasteiger partial charge in [-0.3, -0.25) is 19.4 Å². The molecular weight excluding hydrogens is 372 g/mol. The minimum absolute atomic E-state index is 0.272. The van der Waals surface area contributed by atoms with Crippen molar-refractivity contribution in [2.45, 2.75) is 77.0 Å². The molecule has 0 aromatic heterocycles. The number of hydrogen-bond acceptors (Lipinski definition) is 9. The lowest BCUT2D eigenvalue weighted by molar-refractivity contribution is -0.219. The zero-order valence-corrected chi connectivity index (χ0v) is 16.1. The number of ether oxygens (including phenoxy) is 4. The summed E-state index contributed by atoms with van der Waals surface area (Å²) in [6.45, 7) is 3.35. The Bertz CT molecular complexity index is 681. The van der Waals surface area contributed by atoms with Gasteiger partial charge in [0.25, 0.3) is 0 Å². The number of azide groups is 1. The van der Waals surface area contributed by atoms with Crippen molar-refractivity contribution in [1.82, 2.24) is 0 Å². The van der Waals surface area contributed by atoms with Gasteiger partial charge in [-0.1, -0.05) is 5.11 Å². The van der Waals surface area contributed by atoms with Gasteiger partial charge in [-0.25, -0.2) is 0 Å². The molecule has 5 atom stereocenters. The standard InChI is InChI=1S/C17H24N4O7/c1-9(22)25-8-13-15(26-10(2)23)16(27-11(3)24)14(17(28-13)20-21-18)19-12-6-4-5-7-12/h13-17H,4-8H2,1-3H3/t13-,14-,15-,16-,17-/m1/s1. The fraction of sp³-hybridized carbons (Fsp3) is 0.765. The van der Waals surface area contributed by atoms with Crippen molar-refractivity contribution in [3.8, 4) is 0 Å². The number of aliphatic imine (C=N–C) groups is 1. The van der Waals surface area contributed by atoms with E-state index in [9.17, 15) is 14.4 Å². The van der Waals surface area contributed by atoms with Gasteiger partial charge in [0.15, 0.2) is 18.4 Å².